The lowest BCUT2D eigenvalue weighted by Gasteiger charge is -2.22. The molecule has 200 valence electrons. The maximum atomic E-state index is 13.4. The van der Waals surface area contributed by atoms with E-state index in [1.807, 2.05) is 56.4 Å². The highest BCUT2D eigenvalue weighted by Gasteiger charge is 2.31. The van der Waals surface area contributed by atoms with E-state index in [-0.39, 0.29) is 10.7 Å². The Labute approximate surface area is 230 Å². The molecule has 0 spiro atoms. The Morgan fingerprint density at radius 3 is 2.45 bits per heavy atom. The zero-order valence-corrected chi connectivity index (χ0v) is 24.1. The van der Waals surface area contributed by atoms with Gasteiger partial charge in [-0.2, -0.15) is 0 Å². The lowest BCUT2D eigenvalue weighted by Crippen LogP contribution is -2.20. The van der Waals surface area contributed by atoms with Gasteiger partial charge >= 0.3 is 5.97 Å². The minimum absolute atomic E-state index is 0.0659. The molecule has 0 amide bonds. The van der Waals surface area contributed by atoms with Crippen LogP contribution in [0.15, 0.2) is 65.7 Å². The SMILES string of the molecule is CCOC(=O)C(Cc1ccccc1)c1[nH]c2ccc(OCc3ccc(C)cn3)c(CC)c2c1SC(C)(C)C. The van der Waals surface area contributed by atoms with E-state index < -0.39 is 5.92 Å². The summed E-state index contributed by atoms with van der Waals surface area (Å²) in [5, 5.41) is 1.12. The fraction of sp³-hybridized carbons (Fsp3) is 0.375. The summed E-state index contributed by atoms with van der Waals surface area (Å²) in [4.78, 5) is 22.6. The van der Waals surface area contributed by atoms with E-state index in [1.54, 1.807) is 11.8 Å². The molecule has 2 aromatic carbocycles. The first kappa shape index (κ1) is 27.8. The topological polar surface area (TPSA) is 64.2 Å². The molecule has 38 heavy (non-hydrogen) atoms. The van der Waals surface area contributed by atoms with Crippen LogP contribution in [0.25, 0.3) is 10.9 Å². The third-order valence-electron chi connectivity index (χ3n) is 6.32. The molecule has 1 unspecified atom stereocenters. The summed E-state index contributed by atoms with van der Waals surface area (Å²) >= 11 is 1.79. The minimum atomic E-state index is -0.444. The van der Waals surface area contributed by atoms with E-state index in [2.05, 4.69) is 55.9 Å². The van der Waals surface area contributed by atoms with E-state index in [0.717, 1.165) is 56.0 Å². The van der Waals surface area contributed by atoms with E-state index >= 15 is 0 Å². The monoisotopic (exact) mass is 530 g/mol. The summed E-state index contributed by atoms with van der Waals surface area (Å²) in [7, 11) is 0. The third-order valence-corrected chi connectivity index (χ3v) is 7.56. The fourth-order valence-corrected chi connectivity index (χ4v) is 5.85. The zero-order chi connectivity index (χ0) is 27.3. The van der Waals surface area contributed by atoms with E-state index in [9.17, 15) is 4.79 Å². The van der Waals surface area contributed by atoms with Crippen molar-refractivity contribution in [2.24, 2.45) is 0 Å². The molecule has 1 N–H and O–H groups in total. The first-order valence-corrected chi connectivity index (χ1v) is 14.1. The van der Waals surface area contributed by atoms with Crippen LogP contribution in [0.1, 0.15) is 68.6 Å². The Balaban J connectivity index is 1.82. The normalized spacial score (nSPS) is 12.5. The van der Waals surface area contributed by atoms with Crippen molar-refractivity contribution in [3.05, 3.63) is 88.9 Å². The molecule has 0 saturated heterocycles. The molecule has 4 rings (SSSR count). The van der Waals surface area contributed by atoms with Gasteiger partial charge in [0.2, 0.25) is 0 Å². The van der Waals surface area contributed by atoms with Crippen LogP contribution in [0.4, 0.5) is 0 Å². The number of carbonyl (C=O) groups excluding carboxylic acids is 1. The molecule has 0 bridgehead atoms. The Morgan fingerprint density at radius 1 is 1.05 bits per heavy atom. The largest absolute Gasteiger partial charge is 0.487 e. The molecule has 6 heteroatoms. The van der Waals surface area contributed by atoms with Crippen LogP contribution in [0.3, 0.4) is 0 Å². The number of thioether (sulfide) groups is 1. The van der Waals surface area contributed by atoms with Crippen LogP contribution in [-0.4, -0.2) is 27.3 Å². The number of pyridine rings is 1. The van der Waals surface area contributed by atoms with Gasteiger partial charge in [0.15, 0.2) is 0 Å². The summed E-state index contributed by atoms with van der Waals surface area (Å²) in [5.41, 5.74) is 6.16. The van der Waals surface area contributed by atoms with Gasteiger partial charge in [0.05, 0.1) is 12.3 Å². The maximum absolute atomic E-state index is 13.4. The Hall–Kier alpha value is -3.25. The number of aromatic amines is 1. The predicted molar refractivity (Wildman–Crippen MR) is 156 cm³/mol. The lowest BCUT2D eigenvalue weighted by atomic mass is 9.95. The van der Waals surface area contributed by atoms with Gasteiger partial charge in [-0.25, -0.2) is 0 Å². The molecule has 0 aliphatic carbocycles. The van der Waals surface area contributed by atoms with Crippen molar-refractivity contribution in [1.29, 1.82) is 0 Å². The third kappa shape index (κ3) is 6.60. The fourth-order valence-electron chi connectivity index (χ4n) is 4.60. The quantitative estimate of drug-likeness (QED) is 0.167. The van der Waals surface area contributed by atoms with Gasteiger partial charge in [-0.05, 0) is 56.0 Å². The van der Waals surface area contributed by atoms with Gasteiger partial charge in [-0.3, -0.25) is 9.78 Å². The van der Waals surface area contributed by atoms with Crippen LogP contribution in [0.2, 0.25) is 0 Å². The van der Waals surface area contributed by atoms with Gasteiger partial charge in [0.25, 0.3) is 0 Å². The van der Waals surface area contributed by atoms with Crippen LogP contribution < -0.4 is 4.74 Å². The highest BCUT2D eigenvalue weighted by molar-refractivity contribution is 8.00. The Kier molecular flexibility index (Phi) is 8.83. The van der Waals surface area contributed by atoms with Crippen molar-refractivity contribution in [1.82, 2.24) is 9.97 Å². The molecular weight excluding hydrogens is 492 g/mol. The molecule has 0 fully saturated rings. The Morgan fingerprint density at radius 2 is 1.82 bits per heavy atom. The van der Waals surface area contributed by atoms with Crippen molar-refractivity contribution in [2.75, 3.05) is 6.61 Å². The van der Waals surface area contributed by atoms with Gasteiger partial charge in [0.1, 0.15) is 18.3 Å². The van der Waals surface area contributed by atoms with Crippen LogP contribution >= 0.6 is 11.8 Å². The van der Waals surface area contributed by atoms with E-state index in [4.69, 9.17) is 9.47 Å². The second-order valence-electron chi connectivity index (χ2n) is 10.5. The number of carbonyl (C=O) groups is 1. The lowest BCUT2D eigenvalue weighted by molar-refractivity contribution is -0.145. The van der Waals surface area contributed by atoms with E-state index in [0.29, 0.717) is 19.6 Å². The molecule has 0 aliphatic rings. The van der Waals surface area contributed by atoms with Gasteiger partial charge in [-0.15, -0.1) is 11.8 Å². The van der Waals surface area contributed by atoms with Gasteiger partial charge < -0.3 is 14.5 Å². The highest BCUT2D eigenvalue weighted by atomic mass is 32.2. The Bertz CT molecular complexity index is 1370. The number of fused-ring (bicyclic) bond motifs is 1. The summed E-state index contributed by atoms with van der Waals surface area (Å²) in [6.07, 6.45) is 3.22. The number of hydrogen-bond acceptors (Lipinski definition) is 5. The molecule has 5 nitrogen and oxygen atoms in total. The maximum Gasteiger partial charge on any atom is 0.315 e. The number of aromatic nitrogens is 2. The number of nitrogens with zero attached hydrogens (tertiary/aromatic N) is 1. The van der Waals surface area contributed by atoms with Crippen molar-refractivity contribution in [2.45, 2.75) is 76.6 Å². The smallest absolute Gasteiger partial charge is 0.315 e. The molecule has 0 saturated carbocycles. The summed E-state index contributed by atoms with van der Waals surface area (Å²) in [6.45, 7) is 13.4. The number of esters is 1. The van der Waals surface area contributed by atoms with Crippen molar-refractivity contribution in [3.8, 4) is 5.75 Å². The summed E-state index contributed by atoms with van der Waals surface area (Å²) in [5.74, 6) is 0.193. The number of hydrogen-bond donors (Lipinski definition) is 1. The number of ether oxygens (including phenoxy) is 2. The second-order valence-corrected chi connectivity index (χ2v) is 12.3. The summed E-state index contributed by atoms with van der Waals surface area (Å²) < 4.78 is 11.8. The average Bonchev–Trinajstić information content (AvgIpc) is 3.23. The van der Waals surface area contributed by atoms with Crippen molar-refractivity contribution in [3.63, 3.8) is 0 Å². The van der Waals surface area contributed by atoms with Crippen LogP contribution in [0, 0.1) is 6.92 Å². The minimum Gasteiger partial charge on any atom is -0.487 e. The predicted octanol–water partition coefficient (Wildman–Crippen LogP) is 7.79. The number of H-pyrrole nitrogens is 1. The zero-order valence-electron chi connectivity index (χ0n) is 23.3. The molecule has 2 heterocycles. The molecule has 0 aliphatic heterocycles. The average molecular weight is 531 g/mol. The van der Waals surface area contributed by atoms with Crippen LogP contribution in [0.5, 0.6) is 5.75 Å². The molecule has 1 atom stereocenters. The van der Waals surface area contributed by atoms with Gasteiger partial charge in [0, 0.05) is 38.0 Å². The molecule has 0 radical (unpaired) electrons. The first-order chi connectivity index (χ1) is 18.2. The second kappa shape index (κ2) is 12.1. The standard InChI is InChI=1S/C32H38N2O3S/c1-7-24-27(37-20-23-15-14-21(3)19-33-23)17-16-26-28(24)30(38-32(4,5)6)29(34-26)25(31(35)36-8-2)18-22-12-10-9-11-13-22/h9-17,19,25,34H,7-8,18,20H2,1-6H3. The molecule has 2 aromatic heterocycles. The van der Waals surface area contributed by atoms with Crippen molar-refractivity contribution < 1.29 is 14.3 Å². The number of aryl methyl sites for hydroxylation is 2. The molecule has 4 aromatic rings. The van der Waals surface area contributed by atoms with Crippen LogP contribution in [-0.2, 0) is 29.0 Å². The van der Waals surface area contributed by atoms with Crippen molar-refractivity contribution >= 4 is 28.6 Å². The van der Waals surface area contributed by atoms with Gasteiger partial charge in [-0.1, -0.05) is 64.1 Å². The number of rotatable bonds is 10. The molecular formula is C32H38N2O3S. The first-order valence-electron chi connectivity index (χ1n) is 13.3. The van der Waals surface area contributed by atoms with E-state index in [1.165, 1.54) is 0 Å². The number of nitrogens with one attached hydrogen (secondary N) is 1. The summed E-state index contributed by atoms with van der Waals surface area (Å²) in [6, 6.07) is 18.3. The number of benzene rings is 2. The highest BCUT2D eigenvalue weighted by Crippen LogP contribution is 2.45.